The van der Waals surface area contributed by atoms with Gasteiger partial charge in [0.25, 0.3) is 0 Å². The highest BCUT2D eigenvalue weighted by Gasteiger charge is 2.14. The third-order valence-corrected chi connectivity index (χ3v) is 3.18. The van der Waals surface area contributed by atoms with Crippen LogP contribution in [0, 0.1) is 5.92 Å². The van der Waals surface area contributed by atoms with Crippen LogP contribution in [-0.4, -0.2) is 57.7 Å². The predicted octanol–water partition coefficient (Wildman–Crippen LogP) is 1.38. The molecule has 1 atom stereocenters. The lowest BCUT2D eigenvalue weighted by Gasteiger charge is -2.23. The van der Waals surface area contributed by atoms with Crippen molar-refractivity contribution in [1.29, 1.82) is 0 Å². The van der Waals surface area contributed by atoms with E-state index >= 15 is 0 Å². The maximum atomic E-state index is 11.4. The Labute approximate surface area is 132 Å². The summed E-state index contributed by atoms with van der Waals surface area (Å²) in [5, 5.41) is 3.15. The molecule has 0 spiro atoms. The van der Waals surface area contributed by atoms with E-state index < -0.39 is 0 Å². The molecule has 6 nitrogen and oxygen atoms in total. The second-order valence-corrected chi connectivity index (χ2v) is 4.94. The van der Waals surface area contributed by atoms with Gasteiger partial charge in [-0.25, -0.2) is 0 Å². The molecule has 0 aliphatic carbocycles. The molecule has 0 amide bonds. The number of carbonyl (C=O) groups is 1. The van der Waals surface area contributed by atoms with Gasteiger partial charge < -0.3 is 19.7 Å². The smallest absolute Gasteiger partial charge is 0.310 e. The van der Waals surface area contributed by atoms with Crippen LogP contribution in [0.4, 0.5) is 0 Å². The zero-order valence-electron chi connectivity index (χ0n) is 13.7. The maximum Gasteiger partial charge on any atom is 0.310 e. The Balaban J connectivity index is 2.35. The second kappa shape index (κ2) is 9.65. The number of nitrogens with one attached hydrogen (secondary N) is 1. The molecule has 0 aromatic heterocycles. The number of hydrogen-bond donors (Lipinski definition) is 1. The largest absolute Gasteiger partial charge is 0.492 e. The van der Waals surface area contributed by atoms with Crippen molar-refractivity contribution in [2.75, 3.05) is 40.9 Å². The Morgan fingerprint density at radius 3 is 2.64 bits per heavy atom. The minimum atomic E-state index is -0.238. The fourth-order valence-corrected chi connectivity index (χ4v) is 1.84. The van der Waals surface area contributed by atoms with E-state index in [-0.39, 0.29) is 11.9 Å². The molecular formula is C16H25N3O3. The molecule has 0 radical (unpaired) electrons. The van der Waals surface area contributed by atoms with E-state index in [9.17, 15) is 4.79 Å². The summed E-state index contributed by atoms with van der Waals surface area (Å²) in [4.78, 5) is 17.5. The van der Waals surface area contributed by atoms with Gasteiger partial charge in [-0.1, -0.05) is 25.1 Å². The Morgan fingerprint density at radius 1 is 1.36 bits per heavy atom. The lowest BCUT2D eigenvalue weighted by atomic mass is 10.2. The van der Waals surface area contributed by atoms with Crippen molar-refractivity contribution in [3.63, 3.8) is 0 Å². The minimum absolute atomic E-state index is 0.226. The van der Waals surface area contributed by atoms with E-state index in [4.69, 9.17) is 9.47 Å². The van der Waals surface area contributed by atoms with Crippen LogP contribution in [0.2, 0.25) is 0 Å². The van der Waals surface area contributed by atoms with Gasteiger partial charge in [-0.2, -0.15) is 0 Å². The van der Waals surface area contributed by atoms with Crippen LogP contribution in [0.1, 0.15) is 6.92 Å². The number of ether oxygens (including phenoxy) is 2. The lowest BCUT2D eigenvalue weighted by Crippen LogP contribution is -2.43. The Bertz CT molecular complexity index is 477. The monoisotopic (exact) mass is 307 g/mol. The van der Waals surface area contributed by atoms with Crippen molar-refractivity contribution in [1.82, 2.24) is 10.2 Å². The molecule has 0 aliphatic rings. The van der Waals surface area contributed by atoms with Gasteiger partial charge in [0, 0.05) is 20.6 Å². The number of esters is 1. The zero-order valence-corrected chi connectivity index (χ0v) is 13.7. The van der Waals surface area contributed by atoms with Crippen LogP contribution in [0.5, 0.6) is 5.75 Å². The highest BCUT2D eigenvalue weighted by Crippen LogP contribution is 2.07. The first kappa shape index (κ1) is 17.8. The second-order valence-electron chi connectivity index (χ2n) is 4.94. The molecule has 6 heteroatoms. The van der Waals surface area contributed by atoms with E-state index in [0.29, 0.717) is 25.7 Å². The number of benzene rings is 1. The highest BCUT2D eigenvalue weighted by atomic mass is 16.5. The Hall–Kier alpha value is -2.24. The molecule has 0 saturated heterocycles. The van der Waals surface area contributed by atoms with E-state index in [0.717, 1.165) is 5.75 Å². The van der Waals surface area contributed by atoms with Crippen LogP contribution in [0.25, 0.3) is 0 Å². The number of hydrogen-bond acceptors (Lipinski definition) is 4. The Kier molecular flexibility index (Phi) is 7.81. The zero-order chi connectivity index (χ0) is 16.4. The summed E-state index contributed by atoms with van der Waals surface area (Å²) in [6, 6.07) is 9.67. The van der Waals surface area contributed by atoms with Gasteiger partial charge in [0.2, 0.25) is 0 Å². The molecule has 22 heavy (non-hydrogen) atoms. The molecule has 0 heterocycles. The summed E-state index contributed by atoms with van der Waals surface area (Å²) in [6.07, 6.45) is 0. The van der Waals surface area contributed by atoms with Gasteiger partial charge in [-0.3, -0.25) is 9.79 Å². The SMILES string of the molecule is CN=C(NCC(C)C(=O)OC)N(C)CCOc1ccccc1. The molecular weight excluding hydrogens is 282 g/mol. The number of guanidine groups is 1. The van der Waals surface area contributed by atoms with Crippen molar-refractivity contribution in [2.45, 2.75) is 6.92 Å². The van der Waals surface area contributed by atoms with Crippen molar-refractivity contribution in [2.24, 2.45) is 10.9 Å². The van der Waals surface area contributed by atoms with E-state index in [1.54, 1.807) is 7.05 Å². The van der Waals surface area contributed by atoms with Gasteiger partial charge in [0.15, 0.2) is 5.96 Å². The molecule has 1 N–H and O–H groups in total. The average Bonchev–Trinajstić information content (AvgIpc) is 2.55. The van der Waals surface area contributed by atoms with Crippen LogP contribution in [0.3, 0.4) is 0 Å². The van der Waals surface area contributed by atoms with Crippen molar-refractivity contribution < 1.29 is 14.3 Å². The fraction of sp³-hybridized carbons (Fsp3) is 0.500. The van der Waals surface area contributed by atoms with Crippen LogP contribution in [0.15, 0.2) is 35.3 Å². The van der Waals surface area contributed by atoms with Crippen LogP contribution < -0.4 is 10.1 Å². The standard InChI is InChI=1S/C16H25N3O3/c1-13(15(20)21-4)12-18-16(17-2)19(3)10-11-22-14-8-6-5-7-9-14/h5-9,13H,10-12H2,1-4H3,(H,17,18). The van der Waals surface area contributed by atoms with Crippen molar-refractivity contribution >= 4 is 11.9 Å². The van der Waals surface area contributed by atoms with Crippen LogP contribution >= 0.6 is 0 Å². The van der Waals surface area contributed by atoms with E-state index in [1.165, 1.54) is 7.11 Å². The molecule has 1 rings (SSSR count). The summed E-state index contributed by atoms with van der Waals surface area (Å²) in [6.45, 7) is 3.52. The lowest BCUT2D eigenvalue weighted by molar-refractivity contribution is -0.144. The van der Waals surface area contributed by atoms with E-state index in [1.807, 2.05) is 49.2 Å². The minimum Gasteiger partial charge on any atom is -0.492 e. The first-order chi connectivity index (χ1) is 10.6. The van der Waals surface area contributed by atoms with Gasteiger partial charge >= 0.3 is 5.97 Å². The summed E-state index contributed by atoms with van der Waals surface area (Å²) in [7, 11) is 5.02. The maximum absolute atomic E-state index is 11.4. The highest BCUT2D eigenvalue weighted by molar-refractivity contribution is 5.80. The first-order valence-corrected chi connectivity index (χ1v) is 7.26. The number of aliphatic imine (C=N–C) groups is 1. The molecule has 0 saturated carbocycles. The number of methoxy groups -OCH3 is 1. The number of para-hydroxylation sites is 1. The van der Waals surface area contributed by atoms with Gasteiger partial charge in [0.1, 0.15) is 12.4 Å². The van der Waals surface area contributed by atoms with Gasteiger partial charge in [0.05, 0.1) is 19.6 Å². The quantitative estimate of drug-likeness (QED) is 0.468. The summed E-state index contributed by atoms with van der Waals surface area (Å²) in [5.41, 5.74) is 0. The molecule has 0 bridgehead atoms. The first-order valence-electron chi connectivity index (χ1n) is 7.26. The predicted molar refractivity (Wildman–Crippen MR) is 87.1 cm³/mol. The summed E-state index contributed by atoms with van der Waals surface area (Å²) < 4.78 is 10.4. The average molecular weight is 307 g/mol. The van der Waals surface area contributed by atoms with Crippen molar-refractivity contribution in [3.05, 3.63) is 30.3 Å². The molecule has 0 aliphatic heterocycles. The number of likely N-dealkylation sites (N-methyl/N-ethyl adjacent to an activating group) is 1. The van der Waals surface area contributed by atoms with Crippen LogP contribution in [-0.2, 0) is 9.53 Å². The summed E-state index contributed by atoms with van der Waals surface area (Å²) in [5.74, 6) is 1.10. The topological polar surface area (TPSA) is 63.2 Å². The molecule has 1 aromatic carbocycles. The third kappa shape index (κ3) is 6.03. The fourth-order valence-electron chi connectivity index (χ4n) is 1.84. The molecule has 1 aromatic rings. The molecule has 122 valence electrons. The number of nitrogens with zero attached hydrogens (tertiary/aromatic N) is 2. The van der Waals surface area contributed by atoms with Crippen molar-refractivity contribution in [3.8, 4) is 5.75 Å². The van der Waals surface area contributed by atoms with Gasteiger partial charge in [-0.15, -0.1) is 0 Å². The number of carbonyl (C=O) groups excluding carboxylic acids is 1. The summed E-state index contributed by atoms with van der Waals surface area (Å²) >= 11 is 0. The molecule has 0 fully saturated rings. The third-order valence-electron chi connectivity index (χ3n) is 3.18. The van der Waals surface area contributed by atoms with E-state index in [2.05, 4.69) is 10.3 Å². The molecule has 1 unspecified atom stereocenters. The van der Waals surface area contributed by atoms with Gasteiger partial charge in [-0.05, 0) is 12.1 Å². The Morgan fingerprint density at radius 2 is 2.05 bits per heavy atom. The number of rotatable bonds is 7. The normalized spacial score (nSPS) is 12.5.